The van der Waals surface area contributed by atoms with Crippen molar-refractivity contribution in [1.82, 2.24) is 4.57 Å². The van der Waals surface area contributed by atoms with Crippen molar-refractivity contribution in [2.45, 2.75) is 9.79 Å². The van der Waals surface area contributed by atoms with Gasteiger partial charge in [-0.3, -0.25) is 0 Å². The van der Waals surface area contributed by atoms with Crippen LogP contribution >= 0.6 is 11.8 Å². The van der Waals surface area contributed by atoms with Gasteiger partial charge < -0.3 is 4.57 Å². The van der Waals surface area contributed by atoms with Crippen molar-refractivity contribution >= 4 is 55.1 Å². The minimum Gasteiger partial charge on any atom is -0.309 e. The van der Waals surface area contributed by atoms with Crippen LogP contribution in [0.2, 0.25) is 0 Å². The average Bonchev–Trinajstić information content (AvgIpc) is 3.46. The van der Waals surface area contributed by atoms with Gasteiger partial charge in [-0.1, -0.05) is 133 Å². The van der Waals surface area contributed by atoms with Crippen LogP contribution in [0.15, 0.2) is 174 Å². The van der Waals surface area contributed by atoms with E-state index in [4.69, 9.17) is 0 Å². The van der Waals surface area contributed by atoms with Crippen molar-refractivity contribution in [2.75, 3.05) is 0 Å². The first-order valence-corrected chi connectivity index (χ1v) is 16.6. The summed E-state index contributed by atoms with van der Waals surface area (Å²) in [6.45, 7) is 0. The minimum absolute atomic E-state index is 1.18. The maximum atomic E-state index is 2.42. The number of benzene rings is 8. The Morgan fingerprint density at radius 1 is 0.370 bits per heavy atom. The quantitative estimate of drug-likeness (QED) is 0.195. The number of nitrogens with zero attached hydrogens (tertiary/aromatic N) is 1. The van der Waals surface area contributed by atoms with Crippen molar-refractivity contribution in [3.05, 3.63) is 164 Å². The third kappa shape index (κ3) is 3.77. The van der Waals surface area contributed by atoms with E-state index in [1.54, 1.807) is 0 Å². The Bertz CT molecular complexity index is 2640. The molecular weight excluding hydrogens is 575 g/mol. The van der Waals surface area contributed by atoms with Gasteiger partial charge in [0, 0.05) is 31.6 Å². The molecule has 1 aliphatic heterocycles. The van der Waals surface area contributed by atoms with Gasteiger partial charge in [-0.05, 0) is 92.0 Å². The molecule has 0 saturated carbocycles. The zero-order valence-electron chi connectivity index (χ0n) is 24.9. The van der Waals surface area contributed by atoms with Crippen LogP contribution in [0.3, 0.4) is 0 Å². The van der Waals surface area contributed by atoms with Crippen LogP contribution < -0.4 is 0 Å². The summed E-state index contributed by atoms with van der Waals surface area (Å²) in [6.07, 6.45) is 0. The Kier molecular flexibility index (Phi) is 5.58. The molecule has 1 nitrogen and oxygen atoms in total. The van der Waals surface area contributed by atoms with Crippen molar-refractivity contribution < 1.29 is 0 Å². The highest BCUT2D eigenvalue weighted by Gasteiger charge is 2.20. The zero-order chi connectivity index (χ0) is 30.2. The highest BCUT2D eigenvalue weighted by Crippen LogP contribution is 2.49. The first-order valence-electron chi connectivity index (χ1n) is 15.8. The normalized spacial score (nSPS) is 12.3. The predicted octanol–water partition coefficient (Wildman–Crippen LogP) is 12.6. The summed E-state index contributed by atoms with van der Waals surface area (Å²) in [5, 5.41) is 7.81. The summed E-state index contributed by atoms with van der Waals surface area (Å²) in [4.78, 5) is 2.66. The van der Waals surface area contributed by atoms with Gasteiger partial charge in [0.2, 0.25) is 0 Å². The van der Waals surface area contributed by atoms with Gasteiger partial charge in [-0.25, -0.2) is 0 Å². The van der Waals surface area contributed by atoms with Gasteiger partial charge in [0.15, 0.2) is 0 Å². The Morgan fingerprint density at radius 3 is 1.91 bits per heavy atom. The fourth-order valence-corrected chi connectivity index (χ4v) is 8.64. The average molecular weight is 602 g/mol. The van der Waals surface area contributed by atoms with Crippen LogP contribution in [0.4, 0.5) is 0 Å². The van der Waals surface area contributed by atoms with E-state index in [0.29, 0.717) is 0 Å². The van der Waals surface area contributed by atoms with Gasteiger partial charge in [0.25, 0.3) is 0 Å². The molecule has 8 aromatic carbocycles. The first kappa shape index (κ1) is 25.7. The Morgan fingerprint density at radius 2 is 1.07 bits per heavy atom. The SMILES string of the molecule is c1ccc(-n2c3ccccc3c3c4ccccc4c(-c4ccc(-c5ccc6c(c5)-c5cccc7cccc(c57)S6)cc4)cc32)cc1. The lowest BCUT2D eigenvalue weighted by molar-refractivity contribution is 1.18. The summed E-state index contributed by atoms with van der Waals surface area (Å²) < 4.78 is 2.42. The van der Waals surface area contributed by atoms with Crippen molar-refractivity contribution in [3.8, 4) is 39.1 Å². The minimum atomic E-state index is 1.18. The summed E-state index contributed by atoms with van der Waals surface area (Å²) in [5.74, 6) is 0. The third-order valence-corrected chi connectivity index (χ3v) is 10.7. The first-order chi connectivity index (χ1) is 22.8. The molecule has 0 N–H and O–H groups in total. The smallest absolute Gasteiger partial charge is 0.0553 e. The zero-order valence-corrected chi connectivity index (χ0v) is 25.8. The lowest BCUT2D eigenvalue weighted by atomic mass is 9.92. The van der Waals surface area contributed by atoms with Crippen LogP contribution in [0.25, 0.3) is 82.4 Å². The number of fused-ring (bicyclic) bond motifs is 7. The summed E-state index contributed by atoms with van der Waals surface area (Å²) in [5.41, 5.74) is 11.2. The molecule has 2 heterocycles. The molecule has 46 heavy (non-hydrogen) atoms. The number of hydrogen-bond acceptors (Lipinski definition) is 1. The maximum Gasteiger partial charge on any atom is 0.0553 e. The molecule has 0 unspecified atom stereocenters. The Hall–Kier alpha value is -5.57. The largest absolute Gasteiger partial charge is 0.309 e. The lowest BCUT2D eigenvalue weighted by Gasteiger charge is -2.21. The fourth-order valence-electron chi connectivity index (χ4n) is 7.51. The Balaban J connectivity index is 1.14. The molecule has 0 bridgehead atoms. The van der Waals surface area contributed by atoms with Crippen molar-refractivity contribution in [1.29, 1.82) is 0 Å². The molecule has 10 rings (SSSR count). The van der Waals surface area contributed by atoms with E-state index < -0.39 is 0 Å². The Labute approximate surface area is 271 Å². The molecule has 0 aliphatic carbocycles. The monoisotopic (exact) mass is 601 g/mol. The third-order valence-electron chi connectivity index (χ3n) is 9.58. The molecule has 0 amide bonds. The number of rotatable bonds is 3. The van der Waals surface area contributed by atoms with Gasteiger partial charge in [-0.2, -0.15) is 0 Å². The number of aromatic nitrogens is 1. The summed E-state index contributed by atoms with van der Waals surface area (Å²) >= 11 is 1.88. The summed E-state index contributed by atoms with van der Waals surface area (Å²) in [6, 6.07) is 60.2. The molecular formula is C44H27NS. The van der Waals surface area contributed by atoms with Crippen molar-refractivity contribution in [3.63, 3.8) is 0 Å². The lowest BCUT2D eigenvalue weighted by Crippen LogP contribution is -1.94. The maximum absolute atomic E-state index is 2.42. The van der Waals surface area contributed by atoms with Gasteiger partial charge in [0.05, 0.1) is 11.0 Å². The van der Waals surface area contributed by atoms with Crippen LogP contribution in [0.5, 0.6) is 0 Å². The molecule has 214 valence electrons. The molecule has 0 atom stereocenters. The standard InChI is InChI=1S/C44H27NS/c1-2-12-32(13-3-1)45-39-18-7-6-16-36(39)44-34-15-5-4-14-33(34)37(27-40(44)45)29-22-20-28(21-23-29)31-24-25-41-38(26-31)35-17-8-10-30-11-9-19-42(46-41)43(30)35/h1-27H. The van der Waals surface area contributed by atoms with Gasteiger partial charge in [-0.15, -0.1) is 0 Å². The molecule has 0 radical (unpaired) electrons. The fraction of sp³-hybridized carbons (Fsp3) is 0. The van der Waals surface area contributed by atoms with Crippen LogP contribution in [-0.2, 0) is 0 Å². The van der Waals surface area contributed by atoms with Gasteiger partial charge in [0.1, 0.15) is 0 Å². The van der Waals surface area contributed by atoms with Crippen LogP contribution in [0.1, 0.15) is 0 Å². The second-order valence-corrected chi connectivity index (χ2v) is 13.2. The summed E-state index contributed by atoms with van der Waals surface area (Å²) in [7, 11) is 0. The van der Waals surface area contributed by atoms with E-state index in [1.807, 2.05) is 11.8 Å². The van der Waals surface area contributed by atoms with E-state index in [9.17, 15) is 0 Å². The van der Waals surface area contributed by atoms with E-state index in [-0.39, 0.29) is 0 Å². The van der Waals surface area contributed by atoms with Crippen LogP contribution in [0, 0.1) is 0 Å². The topological polar surface area (TPSA) is 4.93 Å². The van der Waals surface area contributed by atoms with E-state index >= 15 is 0 Å². The van der Waals surface area contributed by atoms with E-state index in [1.165, 1.54) is 92.2 Å². The molecule has 0 saturated heterocycles. The molecule has 1 aliphatic rings. The van der Waals surface area contributed by atoms with Crippen LogP contribution in [-0.4, -0.2) is 4.57 Å². The van der Waals surface area contributed by atoms with E-state index in [2.05, 4.69) is 168 Å². The molecule has 9 aromatic rings. The number of para-hydroxylation sites is 2. The molecule has 2 heteroatoms. The molecule has 0 fully saturated rings. The number of hydrogen-bond donors (Lipinski definition) is 0. The van der Waals surface area contributed by atoms with Gasteiger partial charge >= 0.3 is 0 Å². The second-order valence-electron chi connectivity index (χ2n) is 12.1. The van der Waals surface area contributed by atoms with E-state index in [0.717, 1.165) is 0 Å². The molecule has 1 aromatic heterocycles. The molecule has 0 spiro atoms. The van der Waals surface area contributed by atoms with Crippen molar-refractivity contribution in [2.24, 2.45) is 0 Å². The predicted molar refractivity (Wildman–Crippen MR) is 196 cm³/mol. The second kappa shape index (κ2) is 9.97. The highest BCUT2D eigenvalue weighted by atomic mass is 32.2. The highest BCUT2D eigenvalue weighted by molar-refractivity contribution is 7.99.